The van der Waals surface area contributed by atoms with Crippen LogP contribution in [0.4, 0.5) is 9.59 Å². The number of likely N-dealkylation sites (tertiary alicyclic amines) is 2. The first kappa shape index (κ1) is 26.4. The van der Waals surface area contributed by atoms with Crippen molar-refractivity contribution in [2.24, 2.45) is 0 Å². The van der Waals surface area contributed by atoms with E-state index in [2.05, 4.69) is 31.9 Å². The zero-order valence-electron chi connectivity index (χ0n) is 15.1. The molecule has 0 unspecified atom stereocenters. The molecule has 2 amide bonds. The van der Waals surface area contributed by atoms with Gasteiger partial charge in [-0.1, -0.05) is 39.3 Å². The number of nitrogens with zero attached hydrogens (tertiary/aromatic N) is 2. The predicted octanol–water partition coefficient (Wildman–Crippen LogP) is 2.58. The fourth-order valence-electron chi connectivity index (χ4n) is 2.57. The lowest BCUT2D eigenvalue weighted by molar-refractivity contribution is 0.0555. The molecule has 2 heterocycles. The Kier molecular flexibility index (Phi) is 13.3. The molecule has 8 nitrogen and oxygen atoms in total. The van der Waals surface area contributed by atoms with Gasteiger partial charge in [-0.2, -0.15) is 0 Å². The van der Waals surface area contributed by atoms with Crippen molar-refractivity contribution in [1.82, 2.24) is 9.80 Å². The van der Waals surface area contributed by atoms with Gasteiger partial charge in [-0.25, -0.2) is 9.59 Å². The zero-order valence-corrected chi connectivity index (χ0v) is 18.3. The van der Waals surface area contributed by atoms with Crippen LogP contribution in [0.2, 0.25) is 0 Å². The van der Waals surface area contributed by atoms with E-state index >= 15 is 0 Å². The summed E-state index contributed by atoms with van der Waals surface area (Å²) in [6, 6.07) is 0. The summed E-state index contributed by atoms with van der Waals surface area (Å²) in [5, 5.41) is 18.9. The van der Waals surface area contributed by atoms with Crippen molar-refractivity contribution in [2.45, 2.75) is 56.0 Å². The van der Waals surface area contributed by atoms with Crippen molar-refractivity contribution in [3.63, 3.8) is 0 Å². The third kappa shape index (κ3) is 8.97. The number of piperidine rings is 2. The molecule has 0 aromatic heterocycles. The van der Waals surface area contributed by atoms with Gasteiger partial charge in [0.05, 0.1) is 38.5 Å². The first-order valence-corrected chi connectivity index (χ1v) is 10.6. The second-order valence-corrected chi connectivity index (χ2v) is 8.39. The number of alkyl halides is 2. The third-order valence-corrected chi connectivity index (χ3v) is 6.19. The maximum atomic E-state index is 11.2. The summed E-state index contributed by atoms with van der Waals surface area (Å²) < 4.78 is 9.65. The first-order valence-electron chi connectivity index (χ1n) is 8.77. The standard InChI is InChI=1S/2C8H14BrNO3.CH4/c2*1-2-13-8(12)10-4-3-6(9)7(11)5-10;/h2*6-7,11H,2-5H2,1H3;1H4/t2*6-,7-;/m10./s1. The maximum Gasteiger partial charge on any atom is 0.409 e. The molecule has 2 saturated heterocycles. The molecule has 2 aliphatic rings. The van der Waals surface area contributed by atoms with Gasteiger partial charge in [0, 0.05) is 22.7 Å². The quantitative estimate of drug-likeness (QED) is 0.544. The minimum absolute atomic E-state index is 0. The Morgan fingerprint density at radius 1 is 0.889 bits per heavy atom. The largest absolute Gasteiger partial charge is 0.450 e. The van der Waals surface area contributed by atoms with E-state index in [1.807, 2.05) is 0 Å². The van der Waals surface area contributed by atoms with Crippen LogP contribution in [0.3, 0.4) is 0 Å². The Labute approximate surface area is 178 Å². The fraction of sp³-hybridized carbons (Fsp3) is 0.882. The van der Waals surface area contributed by atoms with E-state index < -0.39 is 12.2 Å². The highest BCUT2D eigenvalue weighted by Crippen LogP contribution is 2.19. The molecule has 0 aromatic carbocycles. The Morgan fingerprint density at radius 3 is 1.48 bits per heavy atom. The van der Waals surface area contributed by atoms with Gasteiger partial charge in [-0.05, 0) is 26.7 Å². The van der Waals surface area contributed by atoms with Crippen LogP contribution in [-0.2, 0) is 9.47 Å². The Hall–Kier alpha value is -0.580. The van der Waals surface area contributed by atoms with Crippen molar-refractivity contribution >= 4 is 44.0 Å². The van der Waals surface area contributed by atoms with Gasteiger partial charge >= 0.3 is 12.2 Å². The minimum atomic E-state index is -0.488. The molecule has 0 saturated carbocycles. The van der Waals surface area contributed by atoms with Gasteiger partial charge in [0.15, 0.2) is 0 Å². The van der Waals surface area contributed by atoms with E-state index in [4.69, 9.17) is 9.47 Å². The molecular formula is C17H32Br2N2O6. The van der Waals surface area contributed by atoms with Gasteiger partial charge in [0.1, 0.15) is 0 Å². The van der Waals surface area contributed by atoms with Gasteiger partial charge < -0.3 is 29.5 Å². The smallest absolute Gasteiger partial charge is 0.409 e. The lowest BCUT2D eigenvalue weighted by Crippen LogP contribution is -2.47. The van der Waals surface area contributed by atoms with Gasteiger partial charge in [-0.3, -0.25) is 0 Å². The van der Waals surface area contributed by atoms with Crippen molar-refractivity contribution in [2.75, 3.05) is 39.4 Å². The van der Waals surface area contributed by atoms with Crippen molar-refractivity contribution < 1.29 is 29.3 Å². The van der Waals surface area contributed by atoms with E-state index in [-0.39, 0.29) is 29.3 Å². The number of amides is 2. The number of hydrogen-bond donors (Lipinski definition) is 2. The lowest BCUT2D eigenvalue weighted by Gasteiger charge is -2.32. The van der Waals surface area contributed by atoms with E-state index in [1.165, 1.54) is 9.80 Å². The average Bonchev–Trinajstić information content (AvgIpc) is 2.60. The number of aliphatic hydroxyl groups excluding tert-OH is 2. The SMILES string of the molecule is C.CCOC(=O)N1CC[C@@H](Br)[C@H](O)C1.CCOC(=O)N1CC[C@H](Br)[C@@H](O)C1. The summed E-state index contributed by atoms with van der Waals surface area (Å²) in [7, 11) is 0. The van der Waals surface area contributed by atoms with Crippen LogP contribution in [0.5, 0.6) is 0 Å². The highest BCUT2D eigenvalue weighted by atomic mass is 79.9. The molecule has 10 heteroatoms. The van der Waals surface area contributed by atoms with Crippen LogP contribution in [0.25, 0.3) is 0 Å². The summed E-state index contributed by atoms with van der Waals surface area (Å²) in [5.74, 6) is 0. The fourth-order valence-corrected chi connectivity index (χ4v) is 3.31. The molecule has 27 heavy (non-hydrogen) atoms. The van der Waals surface area contributed by atoms with E-state index in [1.54, 1.807) is 13.8 Å². The number of ether oxygens (including phenoxy) is 2. The molecule has 2 aliphatic heterocycles. The average molecular weight is 520 g/mol. The number of carbonyl (C=O) groups is 2. The highest BCUT2D eigenvalue weighted by molar-refractivity contribution is 9.09. The Bertz CT molecular complexity index is 417. The number of hydrogen-bond acceptors (Lipinski definition) is 6. The zero-order chi connectivity index (χ0) is 19.7. The number of halogens is 2. The predicted molar refractivity (Wildman–Crippen MR) is 111 cm³/mol. The molecule has 2 fully saturated rings. The Balaban J connectivity index is 0.000000483. The summed E-state index contributed by atoms with van der Waals surface area (Å²) in [4.78, 5) is 25.7. The van der Waals surface area contributed by atoms with Crippen LogP contribution in [0.15, 0.2) is 0 Å². The molecule has 2 N–H and O–H groups in total. The molecule has 0 aromatic rings. The molecule has 0 bridgehead atoms. The second kappa shape index (κ2) is 13.6. The summed E-state index contributed by atoms with van der Waals surface area (Å²) in [6.07, 6.45) is -0.113. The van der Waals surface area contributed by atoms with Crippen molar-refractivity contribution in [1.29, 1.82) is 0 Å². The lowest BCUT2D eigenvalue weighted by atomic mass is 10.1. The molecule has 0 radical (unpaired) electrons. The molecule has 2 rings (SSSR count). The molecular weight excluding hydrogens is 488 g/mol. The van der Waals surface area contributed by atoms with Crippen LogP contribution < -0.4 is 0 Å². The van der Waals surface area contributed by atoms with E-state index in [9.17, 15) is 19.8 Å². The minimum Gasteiger partial charge on any atom is -0.450 e. The van der Waals surface area contributed by atoms with Gasteiger partial charge in [-0.15, -0.1) is 0 Å². The van der Waals surface area contributed by atoms with E-state index in [0.717, 1.165) is 12.8 Å². The topological polar surface area (TPSA) is 99.5 Å². The third-order valence-electron chi connectivity index (χ3n) is 4.05. The van der Waals surface area contributed by atoms with Gasteiger partial charge in [0.25, 0.3) is 0 Å². The number of aliphatic hydroxyl groups is 2. The number of carbonyl (C=O) groups excluding carboxylic acids is 2. The molecule has 4 atom stereocenters. The van der Waals surface area contributed by atoms with Crippen molar-refractivity contribution in [3.8, 4) is 0 Å². The monoisotopic (exact) mass is 518 g/mol. The van der Waals surface area contributed by atoms with Crippen molar-refractivity contribution in [3.05, 3.63) is 0 Å². The summed E-state index contributed by atoms with van der Waals surface area (Å²) >= 11 is 6.68. The van der Waals surface area contributed by atoms with Crippen LogP contribution in [0, 0.1) is 0 Å². The first-order chi connectivity index (χ1) is 12.3. The highest BCUT2D eigenvalue weighted by Gasteiger charge is 2.29. The van der Waals surface area contributed by atoms with Crippen LogP contribution in [0.1, 0.15) is 34.1 Å². The maximum absolute atomic E-state index is 11.2. The number of rotatable bonds is 2. The molecule has 0 spiro atoms. The summed E-state index contributed by atoms with van der Waals surface area (Å²) in [6.45, 7) is 6.30. The normalized spacial score (nSPS) is 27.6. The second-order valence-electron chi connectivity index (χ2n) is 6.03. The van der Waals surface area contributed by atoms with Gasteiger partial charge in [0.2, 0.25) is 0 Å². The van der Waals surface area contributed by atoms with E-state index in [0.29, 0.717) is 39.4 Å². The molecule has 160 valence electrons. The van der Waals surface area contributed by atoms with Crippen LogP contribution in [-0.4, -0.2) is 93.5 Å². The van der Waals surface area contributed by atoms with Crippen LogP contribution >= 0.6 is 31.9 Å². The number of β-amino-alcohol motifs (C(OH)–C–C–N with tert-alkyl or cyclic N) is 2. The summed E-state index contributed by atoms with van der Waals surface area (Å²) in [5.41, 5.74) is 0. The Morgan fingerprint density at radius 2 is 1.22 bits per heavy atom. The molecule has 0 aliphatic carbocycles.